The molecule has 0 bridgehead atoms. The number of benzene rings is 1. The van der Waals surface area contributed by atoms with E-state index in [4.69, 9.17) is 4.74 Å². The molecule has 1 saturated carbocycles. The standard InChI is InChI=1S/C23H29N3O7S/c1-15(26-21(28)18-9-2-3-10-19(18)22(26)29)23(30)33-14-20(27)24-16-7-6-8-17(13-16)34(31,32)25-11-4-5-12-25/h6-8,13,15,18-19H,2-5,9-12,14H2,1H3,(H,24,27)/t15-,18?,19?/m0/s1. The van der Waals surface area contributed by atoms with E-state index in [-0.39, 0.29) is 34.2 Å². The third-order valence-electron chi connectivity index (χ3n) is 6.77. The van der Waals surface area contributed by atoms with Crippen molar-refractivity contribution in [3.05, 3.63) is 24.3 Å². The van der Waals surface area contributed by atoms with E-state index in [1.807, 2.05) is 0 Å². The van der Waals surface area contributed by atoms with Crippen LogP contribution in [0.4, 0.5) is 5.69 Å². The molecule has 10 nitrogen and oxygen atoms in total. The van der Waals surface area contributed by atoms with Crippen LogP contribution in [0.3, 0.4) is 0 Å². The van der Waals surface area contributed by atoms with E-state index in [1.54, 1.807) is 0 Å². The first-order valence-corrected chi connectivity index (χ1v) is 13.1. The normalized spacial score (nSPS) is 24.1. The number of sulfonamides is 1. The van der Waals surface area contributed by atoms with Crippen molar-refractivity contribution < 1.29 is 32.3 Å². The highest BCUT2D eigenvalue weighted by Gasteiger charge is 2.51. The summed E-state index contributed by atoms with van der Waals surface area (Å²) in [6.07, 6.45) is 4.68. The zero-order valence-corrected chi connectivity index (χ0v) is 19.9. The lowest BCUT2D eigenvalue weighted by Gasteiger charge is -2.21. The summed E-state index contributed by atoms with van der Waals surface area (Å²) in [5, 5.41) is 2.52. The molecule has 1 aromatic rings. The van der Waals surface area contributed by atoms with Gasteiger partial charge in [0, 0.05) is 18.8 Å². The SMILES string of the molecule is C[C@@H](C(=O)OCC(=O)Nc1cccc(S(=O)(=O)N2CCCC2)c1)N1C(=O)C2CCCCC2C1=O. The molecule has 0 spiro atoms. The van der Waals surface area contributed by atoms with Gasteiger partial charge in [0.05, 0.1) is 16.7 Å². The minimum absolute atomic E-state index is 0.0744. The first kappa shape index (κ1) is 24.3. The van der Waals surface area contributed by atoms with Crippen LogP contribution in [-0.4, -0.2) is 67.1 Å². The number of anilines is 1. The fourth-order valence-electron chi connectivity index (χ4n) is 4.94. The second kappa shape index (κ2) is 9.83. The van der Waals surface area contributed by atoms with E-state index < -0.39 is 34.5 Å². The van der Waals surface area contributed by atoms with Crippen molar-refractivity contribution in [2.24, 2.45) is 11.8 Å². The number of likely N-dealkylation sites (tertiary alicyclic amines) is 1. The predicted molar refractivity (Wildman–Crippen MR) is 121 cm³/mol. The lowest BCUT2D eigenvalue weighted by Crippen LogP contribution is -2.45. The Kier molecular flexibility index (Phi) is 7.04. The van der Waals surface area contributed by atoms with Crippen LogP contribution in [0.15, 0.2) is 29.2 Å². The maximum Gasteiger partial charge on any atom is 0.329 e. The molecule has 3 aliphatic rings. The van der Waals surface area contributed by atoms with Crippen LogP contribution in [0.1, 0.15) is 45.4 Å². The average molecular weight is 492 g/mol. The van der Waals surface area contributed by atoms with Crippen molar-refractivity contribution in [1.29, 1.82) is 0 Å². The van der Waals surface area contributed by atoms with E-state index in [0.717, 1.165) is 30.6 Å². The summed E-state index contributed by atoms with van der Waals surface area (Å²) in [7, 11) is -3.64. The fourth-order valence-corrected chi connectivity index (χ4v) is 6.50. The molecule has 2 saturated heterocycles. The van der Waals surface area contributed by atoms with Crippen LogP contribution < -0.4 is 5.32 Å². The molecule has 1 aromatic carbocycles. The van der Waals surface area contributed by atoms with E-state index in [2.05, 4.69) is 5.32 Å². The molecule has 184 valence electrons. The number of fused-ring (bicyclic) bond motifs is 1. The molecule has 3 atom stereocenters. The van der Waals surface area contributed by atoms with E-state index in [9.17, 15) is 27.6 Å². The minimum atomic E-state index is -3.64. The third-order valence-corrected chi connectivity index (χ3v) is 8.66. The molecular weight excluding hydrogens is 462 g/mol. The second-order valence-corrected chi connectivity index (χ2v) is 11.0. The highest BCUT2D eigenvalue weighted by Crippen LogP contribution is 2.38. The number of hydrogen-bond acceptors (Lipinski definition) is 7. The van der Waals surface area contributed by atoms with Crippen molar-refractivity contribution in [2.75, 3.05) is 25.0 Å². The van der Waals surface area contributed by atoms with Crippen molar-refractivity contribution in [2.45, 2.75) is 56.4 Å². The monoisotopic (exact) mass is 491 g/mol. The smallest absolute Gasteiger partial charge is 0.329 e. The van der Waals surface area contributed by atoms with Gasteiger partial charge < -0.3 is 10.1 Å². The van der Waals surface area contributed by atoms with Gasteiger partial charge in [-0.3, -0.25) is 19.3 Å². The molecule has 2 unspecified atom stereocenters. The van der Waals surface area contributed by atoms with Gasteiger partial charge in [-0.05, 0) is 50.8 Å². The Labute approximate surface area is 198 Å². The van der Waals surface area contributed by atoms with Crippen LogP contribution in [0.25, 0.3) is 0 Å². The predicted octanol–water partition coefficient (Wildman–Crippen LogP) is 1.52. The highest BCUT2D eigenvalue weighted by molar-refractivity contribution is 7.89. The molecule has 34 heavy (non-hydrogen) atoms. The van der Waals surface area contributed by atoms with Gasteiger partial charge in [-0.2, -0.15) is 4.31 Å². The van der Waals surface area contributed by atoms with Gasteiger partial charge in [-0.15, -0.1) is 0 Å². The summed E-state index contributed by atoms with van der Waals surface area (Å²) in [4.78, 5) is 51.2. The molecule has 2 heterocycles. The number of carbonyl (C=O) groups excluding carboxylic acids is 4. The summed E-state index contributed by atoms with van der Waals surface area (Å²) in [6.45, 7) is 1.72. The second-order valence-electron chi connectivity index (χ2n) is 9.01. The topological polar surface area (TPSA) is 130 Å². The number of imide groups is 1. The Balaban J connectivity index is 1.33. The molecule has 4 rings (SSSR count). The van der Waals surface area contributed by atoms with E-state index >= 15 is 0 Å². The summed E-state index contributed by atoms with van der Waals surface area (Å²) in [6, 6.07) is 4.77. The van der Waals surface area contributed by atoms with Gasteiger partial charge in [-0.25, -0.2) is 13.2 Å². The number of esters is 1. The van der Waals surface area contributed by atoms with Crippen molar-refractivity contribution in [1.82, 2.24) is 9.21 Å². The quantitative estimate of drug-likeness (QED) is 0.452. The number of nitrogens with one attached hydrogen (secondary N) is 1. The Morgan fingerprint density at radius 3 is 2.29 bits per heavy atom. The minimum Gasteiger partial charge on any atom is -0.454 e. The van der Waals surface area contributed by atoms with Gasteiger partial charge >= 0.3 is 5.97 Å². The van der Waals surface area contributed by atoms with E-state index in [0.29, 0.717) is 25.9 Å². The number of carbonyl (C=O) groups is 4. The third kappa shape index (κ3) is 4.72. The van der Waals surface area contributed by atoms with Crippen LogP contribution >= 0.6 is 0 Å². The van der Waals surface area contributed by atoms with E-state index in [1.165, 1.54) is 35.5 Å². The maximum atomic E-state index is 12.7. The molecular formula is C23H29N3O7S. The molecule has 0 aromatic heterocycles. The molecule has 3 fully saturated rings. The fraction of sp³-hybridized carbons (Fsp3) is 0.565. The summed E-state index contributed by atoms with van der Waals surface area (Å²) < 4.78 is 31.9. The number of nitrogens with zero attached hydrogens (tertiary/aromatic N) is 2. The zero-order chi connectivity index (χ0) is 24.5. The number of ether oxygens (including phenoxy) is 1. The number of amides is 3. The Bertz CT molecular complexity index is 1070. The van der Waals surface area contributed by atoms with Gasteiger partial charge in [0.25, 0.3) is 5.91 Å². The highest BCUT2D eigenvalue weighted by atomic mass is 32.2. The molecule has 3 amide bonds. The lowest BCUT2D eigenvalue weighted by molar-refractivity contribution is -0.159. The van der Waals surface area contributed by atoms with Crippen molar-refractivity contribution in [3.8, 4) is 0 Å². The Hall–Kier alpha value is -2.79. The molecule has 0 radical (unpaired) electrons. The first-order valence-electron chi connectivity index (χ1n) is 11.6. The summed E-state index contributed by atoms with van der Waals surface area (Å²) >= 11 is 0. The number of rotatable bonds is 7. The molecule has 11 heteroatoms. The van der Waals surface area contributed by atoms with Gasteiger partial charge in [0.15, 0.2) is 6.61 Å². The van der Waals surface area contributed by atoms with Crippen LogP contribution in [0.5, 0.6) is 0 Å². The lowest BCUT2D eigenvalue weighted by atomic mass is 9.81. The Morgan fingerprint density at radius 1 is 1.06 bits per heavy atom. The van der Waals surface area contributed by atoms with Crippen LogP contribution in [-0.2, 0) is 33.9 Å². The maximum absolute atomic E-state index is 12.7. The van der Waals surface area contributed by atoms with Crippen molar-refractivity contribution in [3.63, 3.8) is 0 Å². The largest absolute Gasteiger partial charge is 0.454 e. The molecule has 1 aliphatic carbocycles. The Morgan fingerprint density at radius 2 is 1.68 bits per heavy atom. The average Bonchev–Trinajstić information content (AvgIpc) is 3.46. The molecule has 1 N–H and O–H groups in total. The zero-order valence-electron chi connectivity index (χ0n) is 19.1. The summed E-state index contributed by atoms with van der Waals surface area (Å²) in [5.74, 6) is -2.95. The van der Waals surface area contributed by atoms with Crippen molar-refractivity contribution >= 4 is 39.4 Å². The van der Waals surface area contributed by atoms with Crippen LogP contribution in [0, 0.1) is 11.8 Å². The van der Waals surface area contributed by atoms with Gasteiger partial charge in [0.1, 0.15) is 6.04 Å². The number of hydrogen-bond donors (Lipinski definition) is 1. The summed E-state index contributed by atoms with van der Waals surface area (Å²) in [5.41, 5.74) is 0.253. The van der Waals surface area contributed by atoms with Gasteiger partial charge in [-0.1, -0.05) is 18.9 Å². The van der Waals surface area contributed by atoms with Gasteiger partial charge in [0.2, 0.25) is 21.8 Å². The van der Waals surface area contributed by atoms with Crippen LogP contribution in [0.2, 0.25) is 0 Å². The molecule has 2 aliphatic heterocycles. The first-order chi connectivity index (χ1) is 16.2.